The number of carbonyl (C=O) groups is 2. The number of allylic oxidation sites excluding steroid dienone is 32. The summed E-state index contributed by atoms with van der Waals surface area (Å²) in [6.07, 6.45) is 104. The second-order valence-corrected chi connectivity index (χ2v) is 22.3. The lowest BCUT2D eigenvalue weighted by atomic mass is 10.1. The molecule has 0 aliphatic rings. The molecule has 0 saturated carbocycles. The predicted octanol–water partition coefficient (Wildman–Crippen LogP) is 21.7. The number of unbranched alkanes of at least 4 members (excludes halogenated alkanes) is 14. The number of hydrogen-bond acceptors (Lipinski definition) is 8. The van der Waals surface area contributed by atoms with Gasteiger partial charge in [0.15, 0.2) is 6.10 Å². The molecule has 476 valence electrons. The lowest BCUT2D eigenvalue weighted by Gasteiger charge is -2.19. The van der Waals surface area contributed by atoms with E-state index < -0.39 is 32.5 Å². The molecule has 0 aliphatic carbocycles. The van der Waals surface area contributed by atoms with Crippen LogP contribution >= 0.6 is 7.82 Å². The minimum absolute atomic E-state index is 0.0383. The lowest BCUT2D eigenvalue weighted by molar-refractivity contribution is -0.161. The Morgan fingerprint density at radius 2 is 0.612 bits per heavy atom. The molecule has 0 bridgehead atoms. The van der Waals surface area contributed by atoms with Crippen LogP contribution in [0, 0.1) is 0 Å². The number of hydrogen-bond donors (Lipinski definition) is 2. The zero-order valence-corrected chi connectivity index (χ0v) is 54.1. The fraction of sp³-hybridized carbons (Fsp3) is 0.547. The van der Waals surface area contributed by atoms with E-state index in [2.05, 4.69) is 208 Å². The topological polar surface area (TPSA) is 134 Å². The Hall–Kier alpha value is -5.15. The summed E-state index contributed by atoms with van der Waals surface area (Å²) in [6.45, 7) is 3.46. The summed E-state index contributed by atoms with van der Waals surface area (Å²) in [7, 11) is -4.41. The molecule has 0 aliphatic heterocycles. The van der Waals surface area contributed by atoms with E-state index in [9.17, 15) is 19.0 Å². The van der Waals surface area contributed by atoms with Gasteiger partial charge >= 0.3 is 19.8 Å². The van der Waals surface area contributed by atoms with Gasteiger partial charge in [-0.15, -0.1) is 0 Å². The Labute approximate surface area is 519 Å². The van der Waals surface area contributed by atoms with Gasteiger partial charge in [0, 0.05) is 19.4 Å². The van der Waals surface area contributed by atoms with Gasteiger partial charge in [-0.2, -0.15) is 0 Å². The number of nitrogens with two attached hydrogens (primary N) is 1. The smallest absolute Gasteiger partial charge is 0.462 e. The Morgan fingerprint density at radius 1 is 0.353 bits per heavy atom. The molecular formula is C75H118NO8P. The summed E-state index contributed by atoms with van der Waals surface area (Å²) in [5.74, 6) is -0.872. The normalized spacial score (nSPS) is 14.3. The number of carbonyl (C=O) groups excluding carboxylic acids is 2. The van der Waals surface area contributed by atoms with Crippen molar-refractivity contribution in [3.63, 3.8) is 0 Å². The Morgan fingerprint density at radius 3 is 0.906 bits per heavy atom. The second kappa shape index (κ2) is 68.0. The molecule has 9 nitrogen and oxygen atoms in total. The van der Waals surface area contributed by atoms with E-state index in [1.807, 2.05) is 0 Å². The standard InChI is InChI=1S/C75H118NO8P/c1-3-5-7-9-11-13-15-17-19-21-23-25-27-29-30-31-32-33-34-35-36-37-38-39-40-41-42-44-46-48-50-52-54-56-58-60-62-64-66-68-75(78)84-73(72-83-85(79,80)82-70-69-76)71-81-74(77)67-65-63-61-59-57-55-53-51-49-47-45-43-28-26-24-22-20-18-16-14-12-10-8-6-4-2/h5-8,11-14,17-20,23-26,29-30,32-33,35-36,38-39,41-43,45-46,48,52,54,73H,3-4,9-10,15-16,21-22,27-28,31,34,37,40,44,47,49-51,53,55-72,76H2,1-2H3,(H,79,80)/b7-5-,8-6-,13-11-,14-12-,19-17-,20-18-,25-23-,26-24-,30-29-,33-32-,36-35-,39-38-,42-41-,45-43-,48-46-,54-52-. The van der Waals surface area contributed by atoms with Gasteiger partial charge < -0.3 is 20.1 Å². The van der Waals surface area contributed by atoms with Gasteiger partial charge in [-0.05, 0) is 141 Å². The first-order valence-electron chi connectivity index (χ1n) is 32.9. The average molecular weight is 1190 g/mol. The molecule has 0 saturated heterocycles. The van der Waals surface area contributed by atoms with E-state index in [0.29, 0.717) is 12.8 Å². The number of phosphoric acid groups is 1. The van der Waals surface area contributed by atoms with Crippen molar-refractivity contribution >= 4 is 19.8 Å². The minimum atomic E-state index is -4.41. The summed E-state index contributed by atoms with van der Waals surface area (Å²) < 4.78 is 33.1. The molecule has 85 heavy (non-hydrogen) atoms. The van der Waals surface area contributed by atoms with Crippen molar-refractivity contribution in [1.29, 1.82) is 0 Å². The summed E-state index contributed by atoms with van der Waals surface area (Å²) in [4.78, 5) is 35.3. The molecule has 0 amide bonds. The molecule has 0 rings (SSSR count). The Bertz CT molecular complexity index is 2090. The van der Waals surface area contributed by atoms with Gasteiger partial charge in [0.1, 0.15) is 6.61 Å². The molecule has 0 radical (unpaired) electrons. The van der Waals surface area contributed by atoms with E-state index in [0.717, 1.165) is 161 Å². The SMILES string of the molecule is CC/C=C\C/C=C\C/C=C\C/C=C\C/C=C\C/C=C\C/C=C\C/C=C\C/C=C\C/C=C\C/C=C\CCCCCCCC(=O)OC(COC(=O)CCCCCCCCCCC/C=C\C/C=C\C/C=C\C/C=C\C/C=C\CC)COP(=O)(O)OCCN. The van der Waals surface area contributed by atoms with Crippen molar-refractivity contribution in [3.05, 3.63) is 194 Å². The third kappa shape index (κ3) is 67.8. The molecule has 10 heteroatoms. The van der Waals surface area contributed by atoms with Gasteiger partial charge in [-0.3, -0.25) is 18.6 Å². The number of esters is 2. The highest BCUT2D eigenvalue weighted by molar-refractivity contribution is 7.47. The highest BCUT2D eigenvalue weighted by Gasteiger charge is 2.26. The van der Waals surface area contributed by atoms with Gasteiger partial charge in [0.2, 0.25) is 0 Å². The van der Waals surface area contributed by atoms with Crippen LogP contribution in [0.15, 0.2) is 194 Å². The summed E-state index contributed by atoms with van der Waals surface area (Å²) >= 11 is 0. The maximum Gasteiger partial charge on any atom is 0.472 e. The molecule has 0 heterocycles. The van der Waals surface area contributed by atoms with E-state index in [4.69, 9.17) is 24.3 Å². The van der Waals surface area contributed by atoms with Crippen LogP contribution in [-0.4, -0.2) is 49.3 Å². The van der Waals surface area contributed by atoms with Crippen molar-refractivity contribution in [2.75, 3.05) is 26.4 Å². The van der Waals surface area contributed by atoms with Gasteiger partial charge in [-0.1, -0.05) is 272 Å². The van der Waals surface area contributed by atoms with Crippen molar-refractivity contribution < 1.29 is 37.6 Å². The monoisotopic (exact) mass is 1190 g/mol. The Kier molecular flexibility index (Phi) is 63.9. The third-order valence-corrected chi connectivity index (χ3v) is 14.0. The number of rotatable bonds is 59. The quantitative estimate of drug-likeness (QED) is 0.0264. The van der Waals surface area contributed by atoms with Crippen molar-refractivity contribution in [1.82, 2.24) is 0 Å². The fourth-order valence-corrected chi connectivity index (χ4v) is 8.96. The molecule has 0 aromatic carbocycles. The largest absolute Gasteiger partial charge is 0.472 e. The van der Waals surface area contributed by atoms with Crippen LogP contribution in [0.1, 0.15) is 232 Å². The van der Waals surface area contributed by atoms with Crippen LogP contribution in [0.3, 0.4) is 0 Å². The van der Waals surface area contributed by atoms with Crippen LogP contribution in [-0.2, 0) is 32.7 Å². The predicted molar refractivity (Wildman–Crippen MR) is 366 cm³/mol. The van der Waals surface area contributed by atoms with Gasteiger partial charge in [0.05, 0.1) is 13.2 Å². The van der Waals surface area contributed by atoms with Crippen LogP contribution in [0.25, 0.3) is 0 Å². The van der Waals surface area contributed by atoms with Gasteiger partial charge in [0.25, 0.3) is 0 Å². The van der Waals surface area contributed by atoms with Crippen LogP contribution in [0.5, 0.6) is 0 Å². The first-order chi connectivity index (χ1) is 41.8. The molecule has 0 aromatic rings. The van der Waals surface area contributed by atoms with Crippen molar-refractivity contribution in [2.24, 2.45) is 5.73 Å². The maximum absolute atomic E-state index is 12.7. The molecular weight excluding hydrogens is 1070 g/mol. The number of ether oxygens (including phenoxy) is 2. The van der Waals surface area contributed by atoms with Crippen LogP contribution < -0.4 is 5.73 Å². The molecule has 3 N–H and O–H groups in total. The molecule has 0 fully saturated rings. The summed E-state index contributed by atoms with van der Waals surface area (Å²) in [5.41, 5.74) is 5.39. The average Bonchev–Trinajstić information content (AvgIpc) is 3.53. The first-order valence-corrected chi connectivity index (χ1v) is 34.4. The minimum Gasteiger partial charge on any atom is -0.462 e. The van der Waals surface area contributed by atoms with E-state index >= 15 is 0 Å². The van der Waals surface area contributed by atoms with Crippen molar-refractivity contribution in [3.8, 4) is 0 Å². The van der Waals surface area contributed by atoms with E-state index in [-0.39, 0.29) is 32.6 Å². The molecule has 0 spiro atoms. The zero-order valence-electron chi connectivity index (χ0n) is 53.3. The Balaban J connectivity index is 4.07. The zero-order chi connectivity index (χ0) is 61.6. The molecule has 2 unspecified atom stereocenters. The van der Waals surface area contributed by atoms with Crippen molar-refractivity contribution in [2.45, 2.75) is 238 Å². The van der Waals surface area contributed by atoms with Crippen LogP contribution in [0.2, 0.25) is 0 Å². The summed E-state index contributed by atoms with van der Waals surface area (Å²) in [6, 6.07) is 0. The second-order valence-electron chi connectivity index (χ2n) is 20.9. The molecule has 2 atom stereocenters. The van der Waals surface area contributed by atoms with E-state index in [1.165, 1.54) is 32.1 Å². The van der Waals surface area contributed by atoms with Gasteiger partial charge in [-0.25, -0.2) is 4.57 Å². The fourth-order valence-electron chi connectivity index (χ4n) is 8.20. The third-order valence-electron chi connectivity index (χ3n) is 13.0. The van der Waals surface area contributed by atoms with E-state index in [1.54, 1.807) is 0 Å². The molecule has 0 aromatic heterocycles. The van der Waals surface area contributed by atoms with Crippen LogP contribution in [0.4, 0.5) is 0 Å². The maximum atomic E-state index is 12.7. The lowest BCUT2D eigenvalue weighted by Crippen LogP contribution is -2.29. The first kappa shape index (κ1) is 79.8. The number of phosphoric ester groups is 1. The highest BCUT2D eigenvalue weighted by atomic mass is 31.2. The summed E-state index contributed by atoms with van der Waals surface area (Å²) in [5, 5.41) is 0. The highest BCUT2D eigenvalue weighted by Crippen LogP contribution is 2.43.